The summed E-state index contributed by atoms with van der Waals surface area (Å²) in [6, 6.07) is 2.30. The van der Waals surface area contributed by atoms with Crippen LogP contribution in [0.1, 0.15) is 35.7 Å². The molecule has 0 aliphatic rings. The second-order valence-corrected chi connectivity index (χ2v) is 5.20. The molecule has 92 valence electrons. The Balaban J connectivity index is 2.07. The smallest absolute Gasteiger partial charge is 0.0935 e. The van der Waals surface area contributed by atoms with Crippen molar-refractivity contribution in [1.29, 1.82) is 0 Å². The molecule has 0 aliphatic heterocycles. The lowest BCUT2D eigenvalue weighted by Crippen LogP contribution is -2.24. The number of aromatic nitrogens is 1. The minimum atomic E-state index is 0.289. The van der Waals surface area contributed by atoms with Crippen LogP contribution >= 0.6 is 11.3 Å². The first-order chi connectivity index (χ1) is 8.29. The highest BCUT2D eigenvalue weighted by Gasteiger charge is 2.14. The van der Waals surface area contributed by atoms with Gasteiger partial charge in [0.25, 0.3) is 0 Å². The van der Waals surface area contributed by atoms with E-state index in [0.717, 1.165) is 30.1 Å². The lowest BCUT2D eigenvalue weighted by atomic mass is 10.1. The highest BCUT2D eigenvalue weighted by molar-refractivity contribution is 7.09. The monoisotopic (exact) mass is 250 g/mol. The highest BCUT2D eigenvalue weighted by Crippen LogP contribution is 2.20. The first kappa shape index (κ1) is 12.3. The molecule has 0 bridgehead atoms. The van der Waals surface area contributed by atoms with Gasteiger partial charge in [0.15, 0.2) is 0 Å². The van der Waals surface area contributed by atoms with E-state index in [4.69, 9.17) is 4.42 Å². The SMILES string of the molecule is CCCNC(Cc1ccoc1)c1csc(C)n1. The van der Waals surface area contributed by atoms with Crippen molar-refractivity contribution in [3.05, 3.63) is 40.2 Å². The fourth-order valence-corrected chi connectivity index (χ4v) is 2.45. The third-order valence-electron chi connectivity index (χ3n) is 2.65. The van der Waals surface area contributed by atoms with Gasteiger partial charge in [-0.25, -0.2) is 4.98 Å². The zero-order valence-electron chi connectivity index (χ0n) is 10.3. The number of thiazole rings is 1. The first-order valence-electron chi connectivity index (χ1n) is 5.96. The van der Waals surface area contributed by atoms with Crippen LogP contribution in [0.5, 0.6) is 0 Å². The predicted molar refractivity (Wildman–Crippen MR) is 70.3 cm³/mol. The maximum atomic E-state index is 5.12. The maximum absolute atomic E-state index is 5.12. The van der Waals surface area contributed by atoms with Crippen molar-refractivity contribution >= 4 is 11.3 Å². The van der Waals surface area contributed by atoms with Gasteiger partial charge >= 0.3 is 0 Å². The minimum absolute atomic E-state index is 0.289. The van der Waals surface area contributed by atoms with Gasteiger partial charge in [-0.05, 0) is 37.9 Å². The summed E-state index contributed by atoms with van der Waals surface area (Å²) in [5, 5.41) is 6.80. The molecule has 2 aromatic rings. The quantitative estimate of drug-likeness (QED) is 0.854. The lowest BCUT2D eigenvalue weighted by Gasteiger charge is -2.15. The predicted octanol–water partition coefficient (Wildman–Crippen LogP) is 3.33. The molecule has 0 fully saturated rings. The average molecular weight is 250 g/mol. The molecule has 0 saturated carbocycles. The maximum Gasteiger partial charge on any atom is 0.0935 e. The van der Waals surface area contributed by atoms with Gasteiger partial charge in [0.2, 0.25) is 0 Å². The Labute approximate surface area is 106 Å². The minimum Gasteiger partial charge on any atom is -0.472 e. The van der Waals surface area contributed by atoms with E-state index >= 15 is 0 Å². The van der Waals surface area contributed by atoms with E-state index in [0.29, 0.717) is 0 Å². The van der Waals surface area contributed by atoms with Crippen LogP contribution in [0.15, 0.2) is 28.4 Å². The van der Waals surface area contributed by atoms with Crippen molar-refractivity contribution < 1.29 is 4.42 Å². The number of rotatable bonds is 6. The molecule has 0 saturated heterocycles. The third kappa shape index (κ3) is 3.41. The van der Waals surface area contributed by atoms with Crippen LogP contribution in [-0.2, 0) is 6.42 Å². The molecule has 2 heterocycles. The molecular formula is C13H18N2OS. The summed E-state index contributed by atoms with van der Waals surface area (Å²) < 4.78 is 5.12. The van der Waals surface area contributed by atoms with E-state index < -0.39 is 0 Å². The number of furan rings is 1. The molecule has 0 aromatic carbocycles. The fourth-order valence-electron chi connectivity index (χ4n) is 1.78. The topological polar surface area (TPSA) is 38.1 Å². The van der Waals surface area contributed by atoms with Gasteiger partial charge in [-0.15, -0.1) is 11.3 Å². The van der Waals surface area contributed by atoms with Crippen molar-refractivity contribution in [1.82, 2.24) is 10.3 Å². The molecular weight excluding hydrogens is 232 g/mol. The summed E-state index contributed by atoms with van der Waals surface area (Å²) in [7, 11) is 0. The van der Waals surface area contributed by atoms with Crippen LogP contribution in [0, 0.1) is 6.92 Å². The van der Waals surface area contributed by atoms with E-state index in [1.165, 1.54) is 5.56 Å². The van der Waals surface area contributed by atoms with Crippen LogP contribution in [0.25, 0.3) is 0 Å². The number of aryl methyl sites for hydroxylation is 1. The normalized spacial score (nSPS) is 12.8. The Morgan fingerprint density at radius 3 is 3.00 bits per heavy atom. The number of nitrogens with one attached hydrogen (secondary N) is 1. The molecule has 1 atom stereocenters. The van der Waals surface area contributed by atoms with Gasteiger partial charge < -0.3 is 9.73 Å². The Kier molecular flexibility index (Phi) is 4.34. The van der Waals surface area contributed by atoms with Crippen LogP contribution in [-0.4, -0.2) is 11.5 Å². The Morgan fingerprint density at radius 2 is 2.41 bits per heavy atom. The second-order valence-electron chi connectivity index (χ2n) is 4.13. The van der Waals surface area contributed by atoms with Crippen LogP contribution in [0.2, 0.25) is 0 Å². The molecule has 4 heteroatoms. The number of hydrogen-bond acceptors (Lipinski definition) is 4. The first-order valence-corrected chi connectivity index (χ1v) is 6.84. The van der Waals surface area contributed by atoms with Gasteiger partial charge in [-0.2, -0.15) is 0 Å². The highest BCUT2D eigenvalue weighted by atomic mass is 32.1. The lowest BCUT2D eigenvalue weighted by molar-refractivity contribution is 0.512. The molecule has 0 amide bonds. The van der Waals surface area contributed by atoms with E-state index in [-0.39, 0.29) is 6.04 Å². The third-order valence-corrected chi connectivity index (χ3v) is 3.45. The molecule has 1 N–H and O–H groups in total. The summed E-state index contributed by atoms with van der Waals surface area (Å²) in [6.45, 7) is 5.23. The molecule has 1 unspecified atom stereocenters. The summed E-state index contributed by atoms with van der Waals surface area (Å²) in [4.78, 5) is 4.57. The van der Waals surface area contributed by atoms with E-state index in [9.17, 15) is 0 Å². The zero-order chi connectivity index (χ0) is 12.1. The van der Waals surface area contributed by atoms with Crippen molar-refractivity contribution in [2.45, 2.75) is 32.7 Å². The summed E-state index contributed by atoms with van der Waals surface area (Å²) in [5.74, 6) is 0. The number of hydrogen-bond donors (Lipinski definition) is 1. The standard InChI is InChI=1S/C13H18N2OS/c1-3-5-14-12(7-11-4-6-16-8-11)13-9-17-10(2)15-13/h4,6,8-9,12,14H,3,5,7H2,1-2H3. The van der Waals surface area contributed by atoms with Crippen molar-refractivity contribution in [2.75, 3.05) is 6.54 Å². The Hall–Kier alpha value is -1.13. The van der Waals surface area contributed by atoms with Gasteiger partial charge in [-0.1, -0.05) is 6.92 Å². The van der Waals surface area contributed by atoms with Crippen molar-refractivity contribution in [3.63, 3.8) is 0 Å². The average Bonchev–Trinajstić information content (AvgIpc) is 2.95. The molecule has 0 radical (unpaired) electrons. The van der Waals surface area contributed by atoms with Gasteiger partial charge in [0, 0.05) is 5.38 Å². The molecule has 2 rings (SSSR count). The Bertz CT molecular complexity index is 436. The van der Waals surface area contributed by atoms with Gasteiger partial charge in [0.05, 0.1) is 29.3 Å². The zero-order valence-corrected chi connectivity index (χ0v) is 11.1. The Morgan fingerprint density at radius 1 is 1.53 bits per heavy atom. The summed E-state index contributed by atoms with van der Waals surface area (Å²) in [6.07, 6.45) is 5.59. The number of nitrogens with zero attached hydrogens (tertiary/aromatic N) is 1. The molecule has 0 spiro atoms. The van der Waals surface area contributed by atoms with E-state index in [1.54, 1.807) is 23.9 Å². The summed E-state index contributed by atoms with van der Waals surface area (Å²) in [5.41, 5.74) is 2.35. The van der Waals surface area contributed by atoms with Gasteiger partial charge in [0.1, 0.15) is 0 Å². The molecule has 2 aromatic heterocycles. The van der Waals surface area contributed by atoms with E-state index in [1.807, 2.05) is 13.0 Å². The van der Waals surface area contributed by atoms with Crippen molar-refractivity contribution in [3.8, 4) is 0 Å². The fraction of sp³-hybridized carbons (Fsp3) is 0.462. The largest absolute Gasteiger partial charge is 0.472 e. The second kappa shape index (κ2) is 5.98. The van der Waals surface area contributed by atoms with Crippen LogP contribution in [0.4, 0.5) is 0 Å². The van der Waals surface area contributed by atoms with Gasteiger partial charge in [-0.3, -0.25) is 0 Å². The van der Waals surface area contributed by atoms with E-state index in [2.05, 4.69) is 22.6 Å². The molecule has 17 heavy (non-hydrogen) atoms. The molecule has 3 nitrogen and oxygen atoms in total. The summed E-state index contributed by atoms with van der Waals surface area (Å²) >= 11 is 1.70. The molecule has 0 aliphatic carbocycles. The van der Waals surface area contributed by atoms with Crippen molar-refractivity contribution in [2.24, 2.45) is 0 Å². The van der Waals surface area contributed by atoms with Crippen LogP contribution < -0.4 is 5.32 Å². The van der Waals surface area contributed by atoms with Crippen LogP contribution in [0.3, 0.4) is 0 Å².